The molecule has 112 valence electrons. The Balaban J connectivity index is 3.18. The molecule has 0 radical (unpaired) electrons. The number of nitrogens with two attached hydrogens (primary N) is 1. The minimum atomic E-state index is -3.89. The summed E-state index contributed by atoms with van der Waals surface area (Å²) in [5, 5.41) is 11.0. The molecular formula is C12H19N3O4S. The average Bonchev–Trinajstić information content (AvgIpc) is 2.35. The van der Waals surface area contributed by atoms with Crippen molar-refractivity contribution >= 4 is 21.4 Å². The van der Waals surface area contributed by atoms with Gasteiger partial charge in [-0.25, -0.2) is 12.7 Å². The van der Waals surface area contributed by atoms with Gasteiger partial charge in [-0.2, -0.15) is 0 Å². The summed E-state index contributed by atoms with van der Waals surface area (Å²) in [7, 11) is -2.48. The second-order valence-corrected chi connectivity index (χ2v) is 7.01. The normalized spacial score (nSPS) is 12.1. The molecule has 0 atom stereocenters. The van der Waals surface area contributed by atoms with Crippen LogP contribution in [0.3, 0.4) is 0 Å². The van der Waals surface area contributed by atoms with Gasteiger partial charge in [-0.3, -0.25) is 10.1 Å². The van der Waals surface area contributed by atoms with Gasteiger partial charge in [0.15, 0.2) is 4.90 Å². The fraction of sp³-hybridized carbons (Fsp3) is 0.500. The van der Waals surface area contributed by atoms with Crippen molar-refractivity contribution < 1.29 is 13.3 Å². The third kappa shape index (κ3) is 3.67. The predicted octanol–water partition coefficient (Wildman–Crippen LogP) is 1.84. The standard InChI is InChI=1S/C12H19N3O4S/c1-9(2)6-7-14(3)20(18,19)12-5-4-10(13)8-11(12)15(16)17/h4-5,8-9H,6-7,13H2,1-3H3. The molecule has 8 heteroatoms. The minimum absolute atomic E-state index is 0.153. The van der Waals surface area contributed by atoms with E-state index in [0.29, 0.717) is 18.9 Å². The number of hydrogen-bond acceptors (Lipinski definition) is 5. The summed E-state index contributed by atoms with van der Waals surface area (Å²) in [5.74, 6) is 0.342. The van der Waals surface area contributed by atoms with Crippen LogP contribution < -0.4 is 5.73 Å². The van der Waals surface area contributed by atoms with Crippen LogP contribution in [0.5, 0.6) is 0 Å². The van der Waals surface area contributed by atoms with Crippen molar-refractivity contribution in [3.8, 4) is 0 Å². The van der Waals surface area contributed by atoms with Gasteiger partial charge < -0.3 is 5.73 Å². The van der Waals surface area contributed by atoms with E-state index in [-0.39, 0.29) is 10.6 Å². The fourth-order valence-corrected chi connectivity index (χ4v) is 2.94. The zero-order chi connectivity index (χ0) is 15.5. The average molecular weight is 301 g/mol. The molecule has 0 spiro atoms. The van der Waals surface area contributed by atoms with E-state index in [1.54, 1.807) is 0 Å². The smallest absolute Gasteiger partial charge is 0.291 e. The molecule has 0 saturated carbocycles. The Bertz CT molecular complexity index is 599. The van der Waals surface area contributed by atoms with E-state index in [2.05, 4.69) is 0 Å². The van der Waals surface area contributed by atoms with Crippen LogP contribution in [0.15, 0.2) is 23.1 Å². The molecule has 0 fully saturated rings. The van der Waals surface area contributed by atoms with Crippen LogP contribution >= 0.6 is 0 Å². The third-order valence-corrected chi connectivity index (χ3v) is 4.79. The Morgan fingerprint density at radius 1 is 1.40 bits per heavy atom. The van der Waals surface area contributed by atoms with E-state index < -0.39 is 20.6 Å². The van der Waals surface area contributed by atoms with Crippen LogP contribution in [0.1, 0.15) is 20.3 Å². The Hall–Kier alpha value is -1.67. The molecular weight excluding hydrogens is 282 g/mol. The van der Waals surface area contributed by atoms with E-state index in [1.807, 2.05) is 13.8 Å². The molecule has 0 aliphatic rings. The Morgan fingerprint density at radius 2 is 2.00 bits per heavy atom. The number of sulfonamides is 1. The Morgan fingerprint density at radius 3 is 2.50 bits per heavy atom. The van der Waals surface area contributed by atoms with Crippen molar-refractivity contribution in [2.24, 2.45) is 5.92 Å². The van der Waals surface area contributed by atoms with Crippen LogP contribution in [-0.4, -0.2) is 31.2 Å². The number of nitrogen functional groups attached to an aromatic ring is 1. The second-order valence-electron chi connectivity index (χ2n) is 4.99. The maximum atomic E-state index is 12.4. The van der Waals surface area contributed by atoms with Gasteiger partial charge in [0.2, 0.25) is 10.0 Å². The van der Waals surface area contributed by atoms with Gasteiger partial charge in [-0.15, -0.1) is 0 Å². The molecule has 1 rings (SSSR count). The van der Waals surface area contributed by atoms with Gasteiger partial charge >= 0.3 is 0 Å². The summed E-state index contributed by atoms with van der Waals surface area (Å²) >= 11 is 0. The summed E-state index contributed by atoms with van der Waals surface area (Å²) in [6.07, 6.45) is 0.679. The van der Waals surface area contributed by atoms with E-state index in [9.17, 15) is 18.5 Å². The maximum Gasteiger partial charge on any atom is 0.291 e. The molecule has 0 saturated heterocycles. The van der Waals surface area contributed by atoms with Crippen molar-refractivity contribution in [3.05, 3.63) is 28.3 Å². The lowest BCUT2D eigenvalue weighted by Gasteiger charge is -2.18. The Labute approximate surface area is 118 Å². The lowest BCUT2D eigenvalue weighted by molar-refractivity contribution is -0.387. The highest BCUT2D eigenvalue weighted by atomic mass is 32.2. The molecule has 0 aliphatic heterocycles. The summed E-state index contributed by atoms with van der Waals surface area (Å²) in [6.45, 7) is 4.26. The molecule has 0 heterocycles. The fourth-order valence-electron chi connectivity index (χ4n) is 1.62. The van der Waals surface area contributed by atoms with Crippen LogP contribution in [0, 0.1) is 16.0 Å². The van der Waals surface area contributed by atoms with Gasteiger partial charge in [-0.1, -0.05) is 13.8 Å². The zero-order valence-electron chi connectivity index (χ0n) is 11.7. The highest BCUT2D eigenvalue weighted by molar-refractivity contribution is 7.89. The Kier molecular flexibility index (Phi) is 5.07. The first-order chi connectivity index (χ1) is 9.16. The van der Waals surface area contributed by atoms with Gasteiger partial charge in [-0.05, 0) is 24.5 Å². The van der Waals surface area contributed by atoms with Crippen LogP contribution in [0.2, 0.25) is 0 Å². The molecule has 0 amide bonds. The topological polar surface area (TPSA) is 107 Å². The summed E-state index contributed by atoms with van der Waals surface area (Å²) in [5.41, 5.74) is 5.12. The highest BCUT2D eigenvalue weighted by Crippen LogP contribution is 2.28. The largest absolute Gasteiger partial charge is 0.399 e. The molecule has 7 nitrogen and oxygen atoms in total. The van der Waals surface area contributed by atoms with Crippen LogP contribution in [0.25, 0.3) is 0 Å². The van der Waals surface area contributed by atoms with Gasteiger partial charge in [0.25, 0.3) is 5.69 Å². The van der Waals surface area contributed by atoms with E-state index in [0.717, 1.165) is 10.4 Å². The van der Waals surface area contributed by atoms with Crippen LogP contribution in [0.4, 0.5) is 11.4 Å². The van der Waals surface area contributed by atoms with Crippen molar-refractivity contribution in [2.45, 2.75) is 25.2 Å². The second kappa shape index (κ2) is 6.19. The first kappa shape index (κ1) is 16.4. The lowest BCUT2D eigenvalue weighted by atomic mass is 10.1. The molecule has 0 unspecified atom stereocenters. The van der Waals surface area contributed by atoms with Crippen molar-refractivity contribution in [3.63, 3.8) is 0 Å². The quantitative estimate of drug-likeness (QED) is 0.490. The van der Waals surface area contributed by atoms with E-state index >= 15 is 0 Å². The number of anilines is 1. The van der Waals surface area contributed by atoms with E-state index in [1.165, 1.54) is 19.2 Å². The molecule has 1 aromatic carbocycles. The van der Waals surface area contributed by atoms with Crippen molar-refractivity contribution in [1.82, 2.24) is 4.31 Å². The van der Waals surface area contributed by atoms with Crippen molar-refractivity contribution in [2.75, 3.05) is 19.3 Å². The zero-order valence-corrected chi connectivity index (χ0v) is 12.6. The number of nitro benzene ring substituents is 1. The number of nitro groups is 1. The number of rotatable bonds is 6. The molecule has 20 heavy (non-hydrogen) atoms. The predicted molar refractivity (Wildman–Crippen MR) is 76.8 cm³/mol. The van der Waals surface area contributed by atoms with E-state index in [4.69, 9.17) is 5.73 Å². The van der Waals surface area contributed by atoms with Gasteiger partial charge in [0.05, 0.1) is 4.92 Å². The summed E-state index contributed by atoms with van der Waals surface area (Å²) in [4.78, 5) is 9.91. The summed E-state index contributed by atoms with van der Waals surface area (Å²) < 4.78 is 25.9. The van der Waals surface area contributed by atoms with Gasteiger partial charge in [0, 0.05) is 25.3 Å². The molecule has 2 N–H and O–H groups in total. The molecule has 0 bridgehead atoms. The van der Waals surface area contributed by atoms with Crippen LogP contribution in [-0.2, 0) is 10.0 Å². The SMILES string of the molecule is CC(C)CCN(C)S(=O)(=O)c1ccc(N)cc1[N+](=O)[O-]. The maximum absolute atomic E-state index is 12.4. The number of hydrogen-bond donors (Lipinski definition) is 1. The van der Waals surface area contributed by atoms with Crippen molar-refractivity contribution in [1.29, 1.82) is 0 Å². The summed E-state index contributed by atoms with van der Waals surface area (Å²) in [6, 6.07) is 3.58. The number of benzene rings is 1. The van der Waals surface area contributed by atoms with Gasteiger partial charge in [0.1, 0.15) is 0 Å². The number of nitrogens with zero attached hydrogens (tertiary/aromatic N) is 2. The first-order valence-corrected chi connectivity index (χ1v) is 7.60. The first-order valence-electron chi connectivity index (χ1n) is 6.16. The minimum Gasteiger partial charge on any atom is -0.399 e. The lowest BCUT2D eigenvalue weighted by Crippen LogP contribution is -2.29. The molecule has 1 aromatic rings. The molecule has 0 aliphatic carbocycles. The highest BCUT2D eigenvalue weighted by Gasteiger charge is 2.29. The monoisotopic (exact) mass is 301 g/mol. The molecule has 0 aromatic heterocycles. The third-order valence-electron chi connectivity index (χ3n) is 2.89.